The predicted octanol–water partition coefficient (Wildman–Crippen LogP) is 2.98. The van der Waals surface area contributed by atoms with E-state index in [1.54, 1.807) is 28.0 Å². The SMILES string of the molecule is O=S(=O)(c1cccs1)N1CCCC1CCc1noc(-c2ccccn2)n1. The van der Waals surface area contributed by atoms with Crippen LogP contribution in [0.4, 0.5) is 0 Å². The Morgan fingerprint density at radius 2 is 2.19 bits per heavy atom. The van der Waals surface area contributed by atoms with Crippen molar-refractivity contribution < 1.29 is 12.9 Å². The van der Waals surface area contributed by atoms with Crippen molar-refractivity contribution in [2.24, 2.45) is 0 Å². The monoisotopic (exact) mass is 390 g/mol. The summed E-state index contributed by atoms with van der Waals surface area (Å²) in [4.78, 5) is 8.56. The quantitative estimate of drug-likeness (QED) is 0.643. The zero-order valence-electron chi connectivity index (χ0n) is 14.0. The third-order valence-corrected chi connectivity index (χ3v) is 7.76. The number of aryl methyl sites for hydroxylation is 1. The van der Waals surface area contributed by atoms with Crippen LogP contribution in [0.5, 0.6) is 0 Å². The largest absolute Gasteiger partial charge is 0.332 e. The summed E-state index contributed by atoms with van der Waals surface area (Å²) in [6, 6.07) is 8.89. The molecule has 4 heterocycles. The normalized spacial score (nSPS) is 18.4. The van der Waals surface area contributed by atoms with Crippen molar-refractivity contribution in [2.75, 3.05) is 6.54 Å². The van der Waals surface area contributed by atoms with E-state index < -0.39 is 10.0 Å². The summed E-state index contributed by atoms with van der Waals surface area (Å²) in [5.41, 5.74) is 0.633. The first-order chi connectivity index (χ1) is 12.6. The molecule has 1 fully saturated rings. The van der Waals surface area contributed by atoms with E-state index in [4.69, 9.17) is 4.52 Å². The van der Waals surface area contributed by atoms with E-state index in [2.05, 4.69) is 15.1 Å². The van der Waals surface area contributed by atoms with E-state index in [1.807, 2.05) is 18.2 Å². The lowest BCUT2D eigenvalue weighted by molar-refractivity contribution is 0.365. The summed E-state index contributed by atoms with van der Waals surface area (Å²) in [7, 11) is -3.41. The maximum atomic E-state index is 12.8. The molecule has 1 aliphatic rings. The minimum atomic E-state index is -3.41. The van der Waals surface area contributed by atoms with E-state index >= 15 is 0 Å². The Bertz CT molecular complexity index is 955. The molecule has 0 amide bonds. The van der Waals surface area contributed by atoms with Crippen LogP contribution in [0.2, 0.25) is 0 Å². The lowest BCUT2D eigenvalue weighted by Gasteiger charge is -2.22. The van der Waals surface area contributed by atoms with Gasteiger partial charge in [-0.3, -0.25) is 4.98 Å². The molecule has 0 spiro atoms. The lowest BCUT2D eigenvalue weighted by atomic mass is 10.1. The number of hydrogen-bond donors (Lipinski definition) is 0. The zero-order chi connectivity index (χ0) is 18.0. The Balaban J connectivity index is 1.44. The Hall–Kier alpha value is -2.10. The van der Waals surface area contributed by atoms with E-state index in [-0.39, 0.29) is 6.04 Å². The Morgan fingerprint density at radius 1 is 1.27 bits per heavy atom. The second kappa shape index (κ2) is 7.26. The van der Waals surface area contributed by atoms with E-state index in [9.17, 15) is 8.42 Å². The highest BCUT2D eigenvalue weighted by atomic mass is 32.2. The van der Waals surface area contributed by atoms with Gasteiger partial charge in [0.05, 0.1) is 0 Å². The summed E-state index contributed by atoms with van der Waals surface area (Å²) >= 11 is 1.26. The van der Waals surface area contributed by atoms with Crippen LogP contribution in [0.1, 0.15) is 25.1 Å². The molecule has 3 aromatic rings. The van der Waals surface area contributed by atoms with Crippen molar-refractivity contribution in [3.63, 3.8) is 0 Å². The number of aromatic nitrogens is 3. The summed E-state index contributed by atoms with van der Waals surface area (Å²) in [5.74, 6) is 0.959. The van der Waals surface area contributed by atoms with E-state index in [0.717, 1.165) is 12.8 Å². The summed E-state index contributed by atoms with van der Waals surface area (Å²) in [5, 5.41) is 5.79. The molecule has 0 bridgehead atoms. The number of nitrogens with zero attached hydrogens (tertiary/aromatic N) is 4. The third kappa shape index (κ3) is 3.42. The summed E-state index contributed by atoms with van der Waals surface area (Å²) in [6.45, 7) is 0.566. The first-order valence-corrected chi connectivity index (χ1v) is 10.8. The molecule has 0 aliphatic carbocycles. The molecule has 0 N–H and O–H groups in total. The Kier molecular flexibility index (Phi) is 4.84. The molecule has 9 heteroatoms. The van der Waals surface area contributed by atoms with Gasteiger partial charge in [0.1, 0.15) is 9.90 Å². The lowest BCUT2D eigenvalue weighted by Crippen LogP contribution is -2.35. The minimum absolute atomic E-state index is 0.0288. The highest BCUT2D eigenvalue weighted by Crippen LogP contribution is 2.30. The fourth-order valence-electron chi connectivity index (χ4n) is 3.18. The number of pyridine rings is 1. The van der Waals surface area contributed by atoms with Crippen LogP contribution in [0.3, 0.4) is 0 Å². The molecule has 4 rings (SSSR count). The number of hydrogen-bond acceptors (Lipinski definition) is 7. The van der Waals surface area contributed by atoms with Gasteiger partial charge in [-0.05, 0) is 42.8 Å². The van der Waals surface area contributed by atoms with Gasteiger partial charge in [0.15, 0.2) is 5.82 Å². The first-order valence-electron chi connectivity index (χ1n) is 8.44. The topological polar surface area (TPSA) is 89.2 Å². The average Bonchev–Trinajstić information content (AvgIpc) is 3.42. The molecule has 7 nitrogen and oxygen atoms in total. The van der Waals surface area contributed by atoms with Crippen LogP contribution in [0.25, 0.3) is 11.6 Å². The number of sulfonamides is 1. The number of thiophene rings is 1. The van der Waals surface area contributed by atoms with Gasteiger partial charge in [-0.1, -0.05) is 17.3 Å². The molecular weight excluding hydrogens is 372 g/mol. The van der Waals surface area contributed by atoms with Crippen LogP contribution in [-0.4, -0.2) is 40.4 Å². The molecule has 3 aromatic heterocycles. The molecule has 1 atom stereocenters. The van der Waals surface area contributed by atoms with Crippen LogP contribution in [0.15, 0.2) is 50.6 Å². The van der Waals surface area contributed by atoms with Gasteiger partial charge >= 0.3 is 0 Å². The fraction of sp³-hybridized carbons (Fsp3) is 0.353. The average molecular weight is 390 g/mol. The van der Waals surface area contributed by atoms with Gasteiger partial charge in [-0.2, -0.15) is 9.29 Å². The predicted molar refractivity (Wildman–Crippen MR) is 97.1 cm³/mol. The smallest absolute Gasteiger partial charge is 0.276 e. The molecule has 1 saturated heterocycles. The molecule has 1 unspecified atom stereocenters. The van der Waals surface area contributed by atoms with Crippen LogP contribution in [0, 0.1) is 0 Å². The van der Waals surface area contributed by atoms with Gasteiger partial charge in [0, 0.05) is 25.2 Å². The van der Waals surface area contributed by atoms with Gasteiger partial charge in [0.2, 0.25) is 0 Å². The first kappa shape index (κ1) is 17.3. The highest BCUT2D eigenvalue weighted by molar-refractivity contribution is 7.91. The molecule has 1 aliphatic heterocycles. The molecule has 0 saturated carbocycles. The van der Waals surface area contributed by atoms with Crippen molar-refractivity contribution in [2.45, 2.75) is 35.9 Å². The number of rotatable bonds is 6. The minimum Gasteiger partial charge on any atom is -0.332 e. The van der Waals surface area contributed by atoms with Crippen LogP contribution >= 0.6 is 11.3 Å². The van der Waals surface area contributed by atoms with Crippen molar-refractivity contribution in [3.05, 3.63) is 47.7 Å². The van der Waals surface area contributed by atoms with Crippen LogP contribution < -0.4 is 0 Å². The van der Waals surface area contributed by atoms with Crippen LogP contribution in [-0.2, 0) is 16.4 Å². The molecule has 0 aromatic carbocycles. The molecule has 136 valence electrons. The van der Waals surface area contributed by atoms with Crippen molar-refractivity contribution in [1.29, 1.82) is 0 Å². The van der Waals surface area contributed by atoms with Crippen molar-refractivity contribution in [1.82, 2.24) is 19.4 Å². The molecule has 26 heavy (non-hydrogen) atoms. The third-order valence-electron chi connectivity index (χ3n) is 4.43. The van der Waals surface area contributed by atoms with E-state index in [1.165, 1.54) is 11.3 Å². The van der Waals surface area contributed by atoms with Gasteiger partial charge < -0.3 is 4.52 Å². The second-order valence-electron chi connectivity index (χ2n) is 6.11. The maximum absolute atomic E-state index is 12.8. The fourth-order valence-corrected chi connectivity index (χ4v) is 6.03. The van der Waals surface area contributed by atoms with Gasteiger partial charge in [0.25, 0.3) is 15.9 Å². The Morgan fingerprint density at radius 3 is 2.96 bits per heavy atom. The summed E-state index contributed by atoms with van der Waals surface area (Å²) in [6.07, 6.45) is 4.64. The highest BCUT2D eigenvalue weighted by Gasteiger charge is 2.35. The van der Waals surface area contributed by atoms with E-state index in [0.29, 0.717) is 41.0 Å². The molecule has 0 radical (unpaired) electrons. The summed E-state index contributed by atoms with van der Waals surface area (Å²) < 4.78 is 32.9. The zero-order valence-corrected chi connectivity index (χ0v) is 15.6. The molecular formula is C17H18N4O3S2. The Labute approximate surface area is 155 Å². The van der Waals surface area contributed by atoms with Gasteiger partial charge in [-0.25, -0.2) is 8.42 Å². The van der Waals surface area contributed by atoms with Crippen molar-refractivity contribution >= 4 is 21.4 Å². The second-order valence-corrected chi connectivity index (χ2v) is 9.18. The maximum Gasteiger partial charge on any atom is 0.276 e. The van der Waals surface area contributed by atoms with Crippen molar-refractivity contribution in [3.8, 4) is 11.6 Å². The van der Waals surface area contributed by atoms with Gasteiger partial charge in [-0.15, -0.1) is 11.3 Å². The standard InChI is InChI=1S/C17H18N4O3S2/c22-26(23,16-7-4-12-25-16)21-11-3-5-13(21)8-9-15-19-17(24-20-15)14-6-1-2-10-18-14/h1-2,4,6-7,10,12-13H,3,5,8-9,11H2.